The topological polar surface area (TPSA) is 89.2 Å². The van der Waals surface area contributed by atoms with Crippen molar-refractivity contribution < 1.29 is 8.42 Å². The van der Waals surface area contributed by atoms with Crippen LogP contribution >= 0.6 is 0 Å². The van der Waals surface area contributed by atoms with Gasteiger partial charge in [0.05, 0.1) is 11.4 Å². The van der Waals surface area contributed by atoms with E-state index in [2.05, 4.69) is 20.0 Å². The molecule has 3 aromatic rings. The van der Waals surface area contributed by atoms with Crippen molar-refractivity contribution in [1.29, 1.82) is 0 Å². The highest BCUT2D eigenvalue weighted by molar-refractivity contribution is 7.92. The Morgan fingerprint density at radius 1 is 1.22 bits per heavy atom. The summed E-state index contributed by atoms with van der Waals surface area (Å²) in [6.45, 7) is 1.96. The van der Waals surface area contributed by atoms with Crippen molar-refractivity contribution in [2.75, 3.05) is 10.5 Å². The summed E-state index contributed by atoms with van der Waals surface area (Å²) in [5.41, 5.74) is 2.72. The maximum absolute atomic E-state index is 12.0. The van der Waals surface area contributed by atoms with E-state index in [-0.39, 0.29) is 5.75 Å². The molecule has 8 heteroatoms. The fourth-order valence-electron chi connectivity index (χ4n) is 2.19. The number of aromatic nitrogens is 4. The minimum Gasteiger partial charge on any atom is -0.284 e. The van der Waals surface area contributed by atoms with Crippen molar-refractivity contribution in [3.63, 3.8) is 0 Å². The predicted molar refractivity (Wildman–Crippen MR) is 88.5 cm³/mol. The van der Waals surface area contributed by atoms with Crippen molar-refractivity contribution in [1.82, 2.24) is 19.8 Å². The lowest BCUT2D eigenvalue weighted by Crippen LogP contribution is -2.16. The molecule has 0 amide bonds. The van der Waals surface area contributed by atoms with Crippen LogP contribution in [0.25, 0.3) is 16.9 Å². The zero-order chi connectivity index (χ0) is 16.3. The molecule has 0 saturated heterocycles. The van der Waals surface area contributed by atoms with Crippen LogP contribution in [0.15, 0.2) is 42.7 Å². The minimum atomic E-state index is -3.32. The van der Waals surface area contributed by atoms with E-state index < -0.39 is 10.0 Å². The van der Waals surface area contributed by atoms with E-state index in [1.165, 1.54) is 6.33 Å². The van der Waals surface area contributed by atoms with Crippen molar-refractivity contribution in [3.8, 4) is 11.3 Å². The molecule has 120 valence electrons. The number of sulfonamides is 1. The molecule has 0 spiro atoms. The van der Waals surface area contributed by atoms with Gasteiger partial charge in [-0.1, -0.05) is 25.5 Å². The molecule has 2 heterocycles. The van der Waals surface area contributed by atoms with Gasteiger partial charge in [0.15, 0.2) is 5.65 Å². The van der Waals surface area contributed by atoms with E-state index in [1.807, 2.05) is 25.1 Å². The maximum atomic E-state index is 12.0. The second kappa shape index (κ2) is 6.33. The van der Waals surface area contributed by atoms with Gasteiger partial charge in [-0.25, -0.2) is 8.42 Å². The molecule has 1 aromatic carbocycles. The summed E-state index contributed by atoms with van der Waals surface area (Å²) in [6, 6.07) is 10.8. The van der Waals surface area contributed by atoms with E-state index in [9.17, 15) is 8.42 Å². The minimum absolute atomic E-state index is 0.124. The number of hydrogen-bond donors (Lipinski definition) is 1. The highest BCUT2D eigenvalue weighted by Crippen LogP contribution is 2.21. The van der Waals surface area contributed by atoms with Gasteiger partial charge in [0.2, 0.25) is 10.0 Å². The van der Waals surface area contributed by atoms with E-state index in [1.54, 1.807) is 22.7 Å². The number of fused-ring (bicyclic) bond motifs is 1. The zero-order valence-electron chi connectivity index (χ0n) is 12.7. The first-order valence-corrected chi connectivity index (χ1v) is 9.00. The number of unbranched alkanes of at least 4 members (excludes halogenated alkanes) is 1. The van der Waals surface area contributed by atoms with Crippen molar-refractivity contribution in [2.24, 2.45) is 0 Å². The summed E-state index contributed by atoms with van der Waals surface area (Å²) in [7, 11) is -3.32. The quantitative estimate of drug-likeness (QED) is 0.749. The van der Waals surface area contributed by atoms with Crippen molar-refractivity contribution in [3.05, 3.63) is 42.7 Å². The van der Waals surface area contributed by atoms with Gasteiger partial charge in [-0.2, -0.15) is 9.61 Å². The molecule has 1 N–H and O–H groups in total. The fourth-order valence-corrected chi connectivity index (χ4v) is 3.45. The molecule has 3 rings (SSSR count). The molecule has 0 fully saturated rings. The Kier molecular flexibility index (Phi) is 4.24. The largest absolute Gasteiger partial charge is 0.284 e. The van der Waals surface area contributed by atoms with E-state index in [0.29, 0.717) is 23.4 Å². The second-order valence-corrected chi connectivity index (χ2v) is 7.05. The summed E-state index contributed by atoms with van der Waals surface area (Å²) in [6.07, 6.45) is 3.00. The van der Waals surface area contributed by atoms with Gasteiger partial charge in [0.1, 0.15) is 6.33 Å². The smallest absolute Gasteiger partial charge is 0.232 e. The van der Waals surface area contributed by atoms with E-state index in [0.717, 1.165) is 12.0 Å². The van der Waals surface area contributed by atoms with Crippen LogP contribution in [0.3, 0.4) is 0 Å². The number of hydrogen-bond acceptors (Lipinski definition) is 5. The van der Waals surface area contributed by atoms with Gasteiger partial charge in [-0.05, 0) is 30.7 Å². The first-order valence-electron chi connectivity index (χ1n) is 7.35. The second-order valence-electron chi connectivity index (χ2n) is 5.21. The van der Waals surface area contributed by atoms with Crippen molar-refractivity contribution >= 4 is 21.4 Å². The average Bonchev–Trinajstić information content (AvgIpc) is 3.00. The van der Waals surface area contributed by atoms with Gasteiger partial charge in [0, 0.05) is 11.3 Å². The van der Waals surface area contributed by atoms with E-state index >= 15 is 0 Å². The van der Waals surface area contributed by atoms with Crippen LogP contribution in [0.2, 0.25) is 0 Å². The third-order valence-corrected chi connectivity index (χ3v) is 4.73. The van der Waals surface area contributed by atoms with Gasteiger partial charge < -0.3 is 0 Å². The average molecular weight is 331 g/mol. The SMILES string of the molecule is CCCCS(=O)(=O)Nc1cccc(-c2ccc3nncn3n2)c1. The Morgan fingerprint density at radius 3 is 2.91 bits per heavy atom. The molecule has 7 nitrogen and oxygen atoms in total. The molecule has 0 atom stereocenters. The number of benzene rings is 1. The first kappa shape index (κ1) is 15.4. The van der Waals surface area contributed by atoms with E-state index in [4.69, 9.17) is 0 Å². The Balaban J connectivity index is 1.87. The summed E-state index contributed by atoms with van der Waals surface area (Å²) >= 11 is 0. The molecule has 0 aliphatic carbocycles. The molecule has 0 saturated carbocycles. The molecule has 2 aromatic heterocycles. The maximum Gasteiger partial charge on any atom is 0.232 e. The van der Waals surface area contributed by atoms with Crippen LogP contribution in [0.5, 0.6) is 0 Å². The summed E-state index contributed by atoms with van der Waals surface area (Å²) in [5.74, 6) is 0.124. The molecule has 0 aliphatic heterocycles. The molecular weight excluding hydrogens is 314 g/mol. The molecule has 23 heavy (non-hydrogen) atoms. The summed E-state index contributed by atoms with van der Waals surface area (Å²) in [4.78, 5) is 0. The standard InChI is InChI=1S/C15H17N5O2S/c1-2-3-9-23(21,22)19-13-6-4-5-12(10-13)14-7-8-15-17-16-11-20(15)18-14/h4-8,10-11,19H,2-3,9H2,1H3. The molecule has 0 unspecified atom stereocenters. The highest BCUT2D eigenvalue weighted by atomic mass is 32.2. The zero-order valence-corrected chi connectivity index (χ0v) is 13.5. The number of anilines is 1. The summed E-state index contributed by atoms with van der Waals surface area (Å²) in [5, 5.41) is 12.1. The number of nitrogens with zero attached hydrogens (tertiary/aromatic N) is 4. The predicted octanol–water partition coefficient (Wildman–Crippen LogP) is 2.33. The third kappa shape index (κ3) is 3.65. The monoisotopic (exact) mass is 331 g/mol. The number of rotatable bonds is 6. The van der Waals surface area contributed by atoms with Crippen LogP contribution in [0, 0.1) is 0 Å². The lowest BCUT2D eigenvalue weighted by Gasteiger charge is -2.09. The van der Waals surface area contributed by atoms with Crippen molar-refractivity contribution in [2.45, 2.75) is 19.8 Å². The van der Waals surface area contributed by atoms with Gasteiger partial charge >= 0.3 is 0 Å². The lowest BCUT2D eigenvalue weighted by atomic mass is 10.1. The Bertz CT molecular complexity index is 920. The Hall–Kier alpha value is -2.48. The van der Waals surface area contributed by atoms with Crippen LogP contribution in [0.1, 0.15) is 19.8 Å². The third-order valence-electron chi connectivity index (χ3n) is 3.36. The van der Waals surface area contributed by atoms with Crippen LogP contribution in [-0.4, -0.2) is 34.0 Å². The molecular formula is C15H17N5O2S. The summed E-state index contributed by atoms with van der Waals surface area (Å²) < 4.78 is 28.2. The fraction of sp³-hybridized carbons (Fsp3) is 0.267. The highest BCUT2D eigenvalue weighted by Gasteiger charge is 2.10. The first-order chi connectivity index (χ1) is 11.1. The molecule has 0 aliphatic rings. The van der Waals surface area contributed by atoms with Crippen LogP contribution < -0.4 is 4.72 Å². The van der Waals surface area contributed by atoms with Crippen LogP contribution in [0.4, 0.5) is 5.69 Å². The van der Waals surface area contributed by atoms with Crippen LogP contribution in [-0.2, 0) is 10.0 Å². The van der Waals surface area contributed by atoms with Gasteiger partial charge in [0.25, 0.3) is 0 Å². The molecule has 0 bridgehead atoms. The van der Waals surface area contributed by atoms with Gasteiger partial charge in [-0.3, -0.25) is 4.72 Å². The normalized spacial score (nSPS) is 11.7. The lowest BCUT2D eigenvalue weighted by molar-refractivity contribution is 0.598. The number of nitrogens with one attached hydrogen (secondary N) is 1. The Morgan fingerprint density at radius 2 is 2.09 bits per heavy atom. The van der Waals surface area contributed by atoms with Gasteiger partial charge in [-0.15, -0.1) is 10.2 Å². The molecule has 0 radical (unpaired) electrons. The Labute approximate surface area is 134 Å².